The van der Waals surface area contributed by atoms with Crippen LogP contribution in [0.4, 0.5) is 0 Å². The monoisotopic (exact) mass is 314 g/mol. The molecule has 1 aromatic carbocycles. The maximum absolute atomic E-state index is 12.8. The fourth-order valence-electron chi connectivity index (χ4n) is 2.50. The quantitative estimate of drug-likeness (QED) is 0.821. The third-order valence-corrected chi connectivity index (χ3v) is 3.80. The van der Waals surface area contributed by atoms with Crippen molar-refractivity contribution in [3.8, 4) is 22.6 Å². The van der Waals surface area contributed by atoms with E-state index >= 15 is 0 Å². The molecule has 0 aliphatic carbocycles. The smallest absolute Gasteiger partial charge is 0.254 e. The number of hydrogen-bond acceptors (Lipinski definition) is 4. The van der Waals surface area contributed by atoms with Crippen LogP contribution in [0.25, 0.3) is 11.1 Å². The van der Waals surface area contributed by atoms with Crippen LogP contribution in [0.3, 0.4) is 0 Å². The lowest BCUT2D eigenvalue weighted by atomic mass is 10.00. The Kier molecular flexibility index (Phi) is 5.57. The Morgan fingerprint density at radius 3 is 2.43 bits per heavy atom. The second-order valence-electron chi connectivity index (χ2n) is 4.96. The number of rotatable bonds is 6. The van der Waals surface area contributed by atoms with Crippen LogP contribution in [0.1, 0.15) is 24.2 Å². The van der Waals surface area contributed by atoms with E-state index in [1.807, 2.05) is 26.0 Å². The van der Waals surface area contributed by atoms with Crippen LogP contribution in [0, 0.1) is 0 Å². The van der Waals surface area contributed by atoms with Gasteiger partial charge in [-0.1, -0.05) is 0 Å². The first kappa shape index (κ1) is 16.8. The lowest BCUT2D eigenvalue weighted by Gasteiger charge is -2.21. The molecule has 0 N–H and O–H groups in total. The van der Waals surface area contributed by atoms with Gasteiger partial charge in [-0.25, -0.2) is 0 Å². The summed E-state index contributed by atoms with van der Waals surface area (Å²) in [5.41, 5.74) is 2.19. The van der Waals surface area contributed by atoms with Gasteiger partial charge in [-0.05, 0) is 32.0 Å². The molecule has 0 aliphatic heterocycles. The highest BCUT2D eigenvalue weighted by molar-refractivity contribution is 6.01. The first-order chi connectivity index (χ1) is 11.2. The first-order valence-electron chi connectivity index (χ1n) is 7.61. The average Bonchev–Trinajstić information content (AvgIpc) is 2.62. The number of carbonyl (C=O) groups is 1. The zero-order chi connectivity index (χ0) is 16.8. The molecule has 2 aromatic rings. The topological polar surface area (TPSA) is 51.7 Å². The average molecular weight is 314 g/mol. The van der Waals surface area contributed by atoms with Crippen LogP contribution in [0.5, 0.6) is 11.5 Å². The Bertz CT molecular complexity index is 682. The van der Waals surface area contributed by atoms with E-state index in [9.17, 15) is 4.79 Å². The van der Waals surface area contributed by atoms with Crippen LogP contribution in [-0.2, 0) is 0 Å². The fourth-order valence-corrected chi connectivity index (χ4v) is 2.50. The highest BCUT2D eigenvalue weighted by atomic mass is 16.5. The maximum atomic E-state index is 12.8. The van der Waals surface area contributed by atoms with Gasteiger partial charge in [-0.2, -0.15) is 0 Å². The molecule has 0 bridgehead atoms. The predicted molar refractivity (Wildman–Crippen MR) is 90.0 cm³/mol. The number of nitrogens with zero attached hydrogens (tertiary/aromatic N) is 2. The molecule has 1 amide bonds. The van der Waals surface area contributed by atoms with E-state index < -0.39 is 0 Å². The van der Waals surface area contributed by atoms with Gasteiger partial charge in [0, 0.05) is 42.7 Å². The lowest BCUT2D eigenvalue weighted by molar-refractivity contribution is 0.0773. The summed E-state index contributed by atoms with van der Waals surface area (Å²) in [4.78, 5) is 18.7. The van der Waals surface area contributed by atoms with E-state index in [-0.39, 0.29) is 5.91 Å². The molecular formula is C18H22N2O3. The number of ether oxygens (including phenoxy) is 2. The molecule has 2 rings (SSSR count). The molecule has 0 unspecified atom stereocenters. The third-order valence-electron chi connectivity index (χ3n) is 3.80. The van der Waals surface area contributed by atoms with Crippen LogP contribution in [0.15, 0.2) is 36.7 Å². The van der Waals surface area contributed by atoms with Crippen molar-refractivity contribution in [1.29, 1.82) is 0 Å². The molecule has 0 fully saturated rings. The van der Waals surface area contributed by atoms with E-state index in [4.69, 9.17) is 9.47 Å². The van der Waals surface area contributed by atoms with Gasteiger partial charge in [-0.15, -0.1) is 0 Å². The molecule has 0 saturated heterocycles. The lowest BCUT2D eigenvalue weighted by Crippen LogP contribution is -2.30. The van der Waals surface area contributed by atoms with Crippen molar-refractivity contribution in [2.45, 2.75) is 13.8 Å². The maximum Gasteiger partial charge on any atom is 0.254 e. The Hall–Kier alpha value is -2.56. The van der Waals surface area contributed by atoms with E-state index in [2.05, 4.69) is 4.98 Å². The van der Waals surface area contributed by atoms with Gasteiger partial charge in [0.2, 0.25) is 0 Å². The van der Waals surface area contributed by atoms with Gasteiger partial charge in [0.1, 0.15) is 11.5 Å². The molecule has 1 heterocycles. The largest absolute Gasteiger partial charge is 0.497 e. The van der Waals surface area contributed by atoms with Crippen molar-refractivity contribution in [3.63, 3.8) is 0 Å². The second kappa shape index (κ2) is 7.63. The van der Waals surface area contributed by atoms with Gasteiger partial charge in [-0.3, -0.25) is 9.78 Å². The second-order valence-corrected chi connectivity index (χ2v) is 4.96. The summed E-state index contributed by atoms with van der Waals surface area (Å²) in [6.07, 6.45) is 3.33. The normalized spacial score (nSPS) is 10.3. The third kappa shape index (κ3) is 3.44. The minimum atomic E-state index is -0.00901. The number of carbonyl (C=O) groups excluding carboxylic acids is 1. The molecule has 0 radical (unpaired) electrons. The van der Waals surface area contributed by atoms with E-state index in [0.717, 1.165) is 11.1 Å². The number of benzene rings is 1. The van der Waals surface area contributed by atoms with Crippen molar-refractivity contribution in [2.24, 2.45) is 0 Å². The molecule has 0 aliphatic rings. The van der Waals surface area contributed by atoms with E-state index in [0.29, 0.717) is 30.2 Å². The van der Waals surface area contributed by atoms with Gasteiger partial charge >= 0.3 is 0 Å². The van der Waals surface area contributed by atoms with Gasteiger partial charge in [0.05, 0.1) is 19.8 Å². The van der Waals surface area contributed by atoms with Crippen LogP contribution in [0.2, 0.25) is 0 Å². The van der Waals surface area contributed by atoms with Crippen molar-refractivity contribution in [3.05, 3.63) is 42.2 Å². The highest BCUT2D eigenvalue weighted by Gasteiger charge is 2.19. The fraction of sp³-hybridized carbons (Fsp3) is 0.333. The minimum absolute atomic E-state index is 0.00901. The molecular weight excluding hydrogens is 292 g/mol. The summed E-state index contributed by atoms with van der Waals surface area (Å²) in [5, 5.41) is 0. The molecule has 0 atom stereocenters. The molecule has 5 nitrogen and oxygen atoms in total. The SMILES string of the molecule is CCN(CC)C(=O)c1ccncc1-c1ccc(OC)cc1OC. The van der Waals surface area contributed by atoms with Crippen molar-refractivity contribution < 1.29 is 14.3 Å². The van der Waals surface area contributed by atoms with Crippen molar-refractivity contribution in [2.75, 3.05) is 27.3 Å². The zero-order valence-electron chi connectivity index (χ0n) is 14.0. The summed E-state index contributed by atoms with van der Waals surface area (Å²) >= 11 is 0. The zero-order valence-corrected chi connectivity index (χ0v) is 14.0. The summed E-state index contributed by atoms with van der Waals surface area (Å²) in [6.45, 7) is 5.26. The number of methoxy groups -OCH3 is 2. The van der Waals surface area contributed by atoms with Crippen molar-refractivity contribution >= 4 is 5.91 Å². The van der Waals surface area contributed by atoms with E-state index in [1.165, 1.54) is 0 Å². The predicted octanol–water partition coefficient (Wildman–Crippen LogP) is 3.25. The van der Waals surface area contributed by atoms with Gasteiger partial charge < -0.3 is 14.4 Å². The molecule has 0 saturated carbocycles. The molecule has 5 heteroatoms. The highest BCUT2D eigenvalue weighted by Crippen LogP contribution is 2.35. The molecule has 0 spiro atoms. The standard InChI is InChI=1S/C18H22N2O3/c1-5-20(6-2)18(21)15-9-10-19-12-16(15)14-8-7-13(22-3)11-17(14)23-4/h7-12H,5-6H2,1-4H3. The molecule has 23 heavy (non-hydrogen) atoms. The van der Waals surface area contributed by atoms with Crippen LogP contribution in [-0.4, -0.2) is 43.1 Å². The summed E-state index contributed by atoms with van der Waals surface area (Å²) in [7, 11) is 3.20. The number of aromatic nitrogens is 1. The van der Waals surface area contributed by atoms with Crippen LogP contribution < -0.4 is 9.47 Å². The molecule has 122 valence electrons. The summed E-state index contributed by atoms with van der Waals surface area (Å²) in [5.74, 6) is 1.34. The summed E-state index contributed by atoms with van der Waals surface area (Å²) < 4.78 is 10.7. The van der Waals surface area contributed by atoms with Gasteiger partial charge in [0.15, 0.2) is 0 Å². The Morgan fingerprint density at radius 2 is 1.83 bits per heavy atom. The molecule has 1 aromatic heterocycles. The summed E-state index contributed by atoms with van der Waals surface area (Å²) in [6, 6.07) is 7.28. The number of pyridine rings is 1. The Labute approximate surface area is 136 Å². The van der Waals surface area contributed by atoms with Crippen molar-refractivity contribution in [1.82, 2.24) is 9.88 Å². The first-order valence-corrected chi connectivity index (χ1v) is 7.61. The van der Waals surface area contributed by atoms with Gasteiger partial charge in [0.25, 0.3) is 5.91 Å². The number of amides is 1. The van der Waals surface area contributed by atoms with E-state index in [1.54, 1.807) is 43.6 Å². The Morgan fingerprint density at radius 1 is 1.09 bits per heavy atom. The Balaban J connectivity index is 2.55. The minimum Gasteiger partial charge on any atom is -0.497 e. The number of hydrogen-bond donors (Lipinski definition) is 0. The van der Waals surface area contributed by atoms with Crippen LogP contribution >= 0.6 is 0 Å².